The van der Waals surface area contributed by atoms with Gasteiger partial charge in [-0.25, -0.2) is 4.39 Å². The van der Waals surface area contributed by atoms with Crippen molar-refractivity contribution >= 4 is 12.0 Å². The fourth-order valence-corrected chi connectivity index (χ4v) is 3.07. The summed E-state index contributed by atoms with van der Waals surface area (Å²) < 4.78 is 15.3. The van der Waals surface area contributed by atoms with Gasteiger partial charge in [0.05, 0.1) is 12.3 Å². The maximum absolute atomic E-state index is 13.6. The molecule has 1 aromatic heterocycles. The van der Waals surface area contributed by atoms with Crippen LogP contribution in [-0.4, -0.2) is 44.0 Å². The second-order valence-electron chi connectivity index (χ2n) is 6.66. The van der Waals surface area contributed by atoms with Crippen molar-refractivity contribution in [2.75, 3.05) is 13.1 Å². The number of halogens is 1. The Kier molecular flexibility index (Phi) is 5.78. The quantitative estimate of drug-likeness (QED) is 0.834. The van der Waals surface area contributed by atoms with E-state index < -0.39 is 6.10 Å². The monoisotopic (exact) mass is 358 g/mol. The number of aliphatic hydroxyl groups is 1. The lowest BCUT2D eigenvalue weighted by molar-refractivity contribution is -0.127. The Labute approximate surface area is 151 Å². The molecule has 1 aromatic carbocycles. The Hall–Kier alpha value is -2.54. The predicted molar refractivity (Wildman–Crippen MR) is 95.4 cm³/mol. The molecule has 0 unspecified atom stereocenters. The van der Waals surface area contributed by atoms with Crippen LogP contribution in [0.25, 0.3) is 6.08 Å². The molecule has 6 nitrogen and oxygen atoms in total. The van der Waals surface area contributed by atoms with Crippen LogP contribution in [0.4, 0.5) is 4.39 Å². The van der Waals surface area contributed by atoms with E-state index in [1.54, 1.807) is 40.9 Å². The summed E-state index contributed by atoms with van der Waals surface area (Å²) in [7, 11) is 0. The predicted octanol–water partition coefficient (Wildman–Crippen LogP) is 2.42. The third-order valence-electron chi connectivity index (χ3n) is 4.67. The first-order chi connectivity index (χ1) is 12.5. The third-order valence-corrected chi connectivity index (χ3v) is 4.67. The van der Waals surface area contributed by atoms with Gasteiger partial charge in [0.2, 0.25) is 5.91 Å². The number of piperidine rings is 1. The van der Waals surface area contributed by atoms with Gasteiger partial charge in [-0.1, -0.05) is 23.4 Å². The molecular formula is C19H23FN4O2. The van der Waals surface area contributed by atoms with E-state index in [0.29, 0.717) is 30.3 Å². The number of aliphatic hydroxyl groups excluding tert-OH is 1. The largest absolute Gasteiger partial charge is 0.387 e. The van der Waals surface area contributed by atoms with E-state index in [9.17, 15) is 14.3 Å². The Morgan fingerprint density at radius 3 is 2.77 bits per heavy atom. The molecule has 7 heteroatoms. The van der Waals surface area contributed by atoms with E-state index in [1.807, 2.05) is 0 Å². The molecule has 0 aliphatic carbocycles. The minimum Gasteiger partial charge on any atom is -0.387 e. The summed E-state index contributed by atoms with van der Waals surface area (Å²) in [4.78, 5) is 14.1. The fourth-order valence-electron chi connectivity index (χ4n) is 3.07. The molecule has 0 saturated carbocycles. The Morgan fingerprint density at radius 1 is 1.38 bits per heavy atom. The number of carbonyl (C=O) groups is 1. The van der Waals surface area contributed by atoms with Gasteiger partial charge in [-0.05, 0) is 37.8 Å². The number of likely N-dealkylation sites (tertiary alicyclic amines) is 1. The first-order valence-electron chi connectivity index (χ1n) is 8.82. The minimum absolute atomic E-state index is 0.0937. The molecule has 3 rings (SSSR count). The zero-order valence-electron chi connectivity index (χ0n) is 14.8. The van der Waals surface area contributed by atoms with Crippen LogP contribution in [0, 0.1) is 11.7 Å². The zero-order chi connectivity index (χ0) is 18.5. The second kappa shape index (κ2) is 8.23. The number of hydrogen-bond acceptors (Lipinski definition) is 4. The summed E-state index contributed by atoms with van der Waals surface area (Å²) in [5.41, 5.74) is 0.978. The van der Waals surface area contributed by atoms with Gasteiger partial charge in [0.15, 0.2) is 0 Å². The van der Waals surface area contributed by atoms with E-state index in [1.165, 1.54) is 18.2 Å². The maximum Gasteiger partial charge on any atom is 0.246 e. The molecule has 26 heavy (non-hydrogen) atoms. The molecule has 1 aliphatic heterocycles. The lowest BCUT2D eigenvalue weighted by Crippen LogP contribution is -2.38. The lowest BCUT2D eigenvalue weighted by atomic mass is 9.97. The normalized spacial score (nSPS) is 17.0. The van der Waals surface area contributed by atoms with Gasteiger partial charge in [-0.2, -0.15) is 0 Å². The Morgan fingerprint density at radius 2 is 2.12 bits per heavy atom. The van der Waals surface area contributed by atoms with Crippen LogP contribution in [0.1, 0.15) is 37.1 Å². The molecule has 2 heterocycles. The van der Waals surface area contributed by atoms with Gasteiger partial charge < -0.3 is 10.0 Å². The van der Waals surface area contributed by atoms with Crippen LogP contribution in [0.15, 0.2) is 36.5 Å². The van der Waals surface area contributed by atoms with Crippen molar-refractivity contribution in [1.82, 2.24) is 19.9 Å². The molecule has 1 amide bonds. The highest BCUT2D eigenvalue weighted by Gasteiger charge is 2.22. The molecular weight excluding hydrogens is 335 g/mol. The highest BCUT2D eigenvalue weighted by Crippen LogP contribution is 2.20. The second-order valence-corrected chi connectivity index (χ2v) is 6.66. The first-order valence-corrected chi connectivity index (χ1v) is 8.82. The van der Waals surface area contributed by atoms with Gasteiger partial charge in [0, 0.05) is 31.3 Å². The molecule has 138 valence electrons. The van der Waals surface area contributed by atoms with Gasteiger partial charge in [0.25, 0.3) is 0 Å². The molecule has 1 aliphatic rings. The van der Waals surface area contributed by atoms with Crippen LogP contribution >= 0.6 is 0 Å². The molecule has 0 radical (unpaired) electrons. The summed E-state index contributed by atoms with van der Waals surface area (Å²) >= 11 is 0. The molecule has 1 fully saturated rings. The van der Waals surface area contributed by atoms with Crippen LogP contribution < -0.4 is 0 Å². The van der Waals surface area contributed by atoms with Crippen molar-refractivity contribution in [3.63, 3.8) is 0 Å². The van der Waals surface area contributed by atoms with Gasteiger partial charge in [0.1, 0.15) is 11.5 Å². The average molecular weight is 358 g/mol. The lowest BCUT2D eigenvalue weighted by Gasteiger charge is -2.31. The summed E-state index contributed by atoms with van der Waals surface area (Å²) in [6, 6.07) is 6.39. The number of benzene rings is 1. The van der Waals surface area contributed by atoms with E-state index in [2.05, 4.69) is 10.3 Å². The van der Waals surface area contributed by atoms with Crippen LogP contribution in [-0.2, 0) is 11.3 Å². The van der Waals surface area contributed by atoms with Crippen molar-refractivity contribution in [2.45, 2.75) is 32.4 Å². The van der Waals surface area contributed by atoms with Crippen molar-refractivity contribution in [2.24, 2.45) is 5.92 Å². The number of carbonyl (C=O) groups excluding carboxylic acids is 1. The van der Waals surface area contributed by atoms with Gasteiger partial charge in [-0.3, -0.25) is 9.48 Å². The maximum atomic E-state index is 13.6. The van der Waals surface area contributed by atoms with Crippen molar-refractivity contribution in [1.29, 1.82) is 0 Å². The van der Waals surface area contributed by atoms with E-state index in [0.717, 1.165) is 19.4 Å². The number of nitrogens with zero attached hydrogens (tertiary/aromatic N) is 4. The van der Waals surface area contributed by atoms with Gasteiger partial charge in [-0.15, -0.1) is 5.10 Å². The molecule has 0 spiro atoms. The number of aromatic nitrogens is 3. The average Bonchev–Trinajstić information content (AvgIpc) is 3.10. The van der Waals surface area contributed by atoms with Crippen LogP contribution in [0.3, 0.4) is 0 Å². The topological polar surface area (TPSA) is 71.2 Å². The van der Waals surface area contributed by atoms with Crippen LogP contribution in [0.5, 0.6) is 0 Å². The van der Waals surface area contributed by atoms with Gasteiger partial charge >= 0.3 is 0 Å². The first kappa shape index (κ1) is 18.3. The summed E-state index contributed by atoms with van der Waals surface area (Å²) in [5.74, 6) is -0.0124. The summed E-state index contributed by atoms with van der Waals surface area (Å²) in [5, 5.41) is 17.5. The third kappa shape index (κ3) is 4.54. The van der Waals surface area contributed by atoms with E-state index in [-0.39, 0.29) is 11.7 Å². The van der Waals surface area contributed by atoms with E-state index >= 15 is 0 Å². The Balaban J connectivity index is 1.50. The van der Waals surface area contributed by atoms with Crippen molar-refractivity contribution in [3.05, 3.63) is 53.6 Å². The number of rotatable bonds is 5. The highest BCUT2D eigenvalue weighted by atomic mass is 19.1. The number of amides is 1. The smallest absolute Gasteiger partial charge is 0.246 e. The Bertz CT molecular complexity index is 779. The molecule has 0 bridgehead atoms. The van der Waals surface area contributed by atoms with E-state index in [4.69, 9.17) is 0 Å². The fraction of sp³-hybridized carbons (Fsp3) is 0.421. The van der Waals surface area contributed by atoms with Crippen LogP contribution in [0.2, 0.25) is 0 Å². The standard InChI is InChI=1S/C19H23FN4O2/c1-14(25)18-13-24(22-21-18)12-15-8-10-23(11-9-15)19(26)7-6-16-4-2-3-5-17(16)20/h2-7,13-15,25H,8-12H2,1H3/b7-6+/t14-/m0/s1. The molecule has 1 N–H and O–H groups in total. The van der Waals surface area contributed by atoms with Crippen molar-refractivity contribution in [3.8, 4) is 0 Å². The SMILES string of the molecule is C[C@H](O)c1cn(CC2CCN(C(=O)/C=C/c3ccccc3F)CC2)nn1. The molecule has 1 atom stereocenters. The minimum atomic E-state index is -0.621. The summed E-state index contributed by atoms with van der Waals surface area (Å²) in [6.07, 6.45) is 5.86. The highest BCUT2D eigenvalue weighted by molar-refractivity contribution is 5.91. The zero-order valence-corrected chi connectivity index (χ0v) is 14.8. The number of hydrogen-bond donors (Lipinski definition) is 1. The summed E-state index contributed by atoms with van der Waals surface area (Å²) in [6.45, 7) is 3.73. The molecule has 1 saturated heterocycles. The molecule has 2 aromatic rings. The van der Waals surface area contributed by atoms with Crippen molar-refractivity contribution < 1.29 is 14.3 Å².